The average Bonchev–Trinajstić information content (AvgIpc) is 2.28. The number of benzene rings is 1. The van der Waals surface area contributed by atoms with E-state index in [1.807, 2.05) is 25.8 Å². The molecule has 0 saturated carbocycles. The number of aliphatic hydroxyl groups is 1. The summed E-state index contributed by atoms with van der Waals surface area (Å²) in [5, 5.41) is 9.78. The van der Waals surface area contributed by atoms with Crippen molar-refractivity contribution in [3.63, 3.8) is 0 Å². The number of nitrogens with zero attached hydrogens (tertiary/aromatic N) is 1. The van der Waals surface area contributed by atoms with Crippen LogP contribution < -0.4 is 4.90 Å². The lowest BCUT2D eigenvalue weighted by atomic mass is 10.0. The number of aliphatic hydroxyl groups excluding tert-OH is 1. The third kappa shape index (κ3) is 2.54. The van der Waals surface area contributed by atoms with Crippen LogP contribution in [0, 0.1) is 0 Å². The van der Waals surface area contributed by atoms with Crippen LogP contribution in [0.5, 0.6) is 0 Å². The van der Waals surface area contributed by atoms with Crippen molar-refractivity contribution in [1.82, 2.24) is 0 Å². The molecule has 0 radical (unpaired) electrons. The second kappa shape index (κ2) is 4.85. The van der Waals surface area contributed by atoms with Gasteiger partial charge in [0.2, 0.25) is 0 Å². The van der Waals surface area contributed by atoms with Gasteiger partial charge in [0.1, 0.15) is 6.29 Å². The molecule has 0 heterocycles. The Bertz CT molecular complexity index is 391. The van der Waals surface area contributed by atoms with E-state index in [4.69, 9.17) is 11.6 Å². The van der Waals surface area contributed by atoms with Crippen molar-refractivity contribution in [2.75, 3.05) is 18.6 Å². The number of likely N-dealkylation sites (N-methyl/N-ethyl adjacent to an activating group) is 1. The summed E-state index contributed by atoms with van der Waals surface area (Å²) < 4.78 is 0. The van der Waals surface area contributed by atoms with Crippen molar-refractivity contribution in [2.45, 2.75) is 19.4 Å². The maximum Gasteiger partial charge on any atom is 0.150 e. The highest BCUT2D eigenvalue weighted by molar-refractivity contribution is 6.33. The summed E-state index contributed by atoms with van der Waals surface area (Å²) in [4.78, 5) is 12.5. The minimum absolute atomic E-state index is 0.0231. The molecule has 0 aliphatic rings. The van der Waals surface area contributed by atoms with E-state index in [9.17, 15) is 9.90 Å². The molecule has 0 amide bonds. The molecule has 0 saturated heterocycles. The number of halogens is 1. The first-order chi connectivity index (χ1) is 7.42. The Morgan fingerprint density at radius 3 is 2.56 bits per heavy atom. The van der Waals surface area contributed by atoms with E-state index in [0.717, 1.165) is 12.0 Å². The number of rotatable bonds is 4. The van der Waals surface area contributed by atoms with Crippen molar-refractivity contribution in [2.24, 2.45) is 0 Å². The van der Waals surface area contributed by atoms with Crippen molar-refractivity contribution >= 4 is 23.6 Å². The molecule has 4 heteroatoms. The van der Waals surface area contributed by atoms with Crippen molar-refractivity contribution in [1.29, 1.82) is 0 Å². The number of aldehydes is 1. The van der Waals surface area contributed by atoms with E-state index in [2.05, 4.69) is 0 Å². The maximum atomic E-state index is 10.6. The van der Waals surface area contributed by atoms with Crippen LogP contribution in [-0.2, 0) is 0 Å². The Morgan fingerprint density at radius 1 is 1.50 bits per heavy atom. The standard InChI is InChI=1S/C12H16ClNO2/c1-12(2,8-16)14(3)11-5-4-9(7-15)6-10(11)13/h4-7,16H,8H2,1-3H3. The highest BCUT2D eigenvalue weighted by Gasteiger charge is 2.24. The van der Waals surface area contributed by atoms with Gasteiger partial charge in [0.05, 0.1) is 22.9 Å². The lowest BCUT2D eigenvalue weighted by Crippen LogP contribution is -2.44. The van der Waals surface area contributed by atoms with Gasteiger partial charge in [-0.15, -0.1) is 0 Å². The first-order valence-electron chi connectivity index (χ1n) is 5.02. The predicted octanol–water partition coefficient (Wildman–Crippen LogP) is 2.36. The zero-order valence-corrected chi connectivity index (χ0v) is 10.5. The summed E-state index contributed by atoms with van der Waals surface area (Å²) >= 11 is 6.08. The van der Waals surface area contributed by atoms with E-state index >= 15 is 0 Å². The number of hydrogen-bond acceptors (Lipinski definition) is 3. The van der Waals surface area contributed by atoms with Crippen LogP contribution in [0.4, 0.5) is 5.69 Å². The molecular formula is C12H16ClNO2. The van der Waals surface area contributed by atoms with Gasteiger partial charge in [0.25, 0.3) is 0 Å². The molecule has 16 heavy (non-hydrogen) atoms. The van der Waals surface area contributed by atoms with Gasteiger partial charge in [-0.2, -0.15) is 0 Å². The van der Waals surface area contributed by atoms with E-state index < -0.39 is 5.54 Å². The summed E-state index contributed by atoms with van der Waals surface area (Å²) in [5.74, 6) is 0. The van der Waals surface area contributed by atoms with E-state index in [1.165, 1.54) is 0 Å². The molecule has 88 valence electrons. The van der Waals surface area contributed by atoms with Gasteiger partial charge in [-0.3, -0.25) is 4.79 Å². The molecule has 1 aromatic carbocycles. The van der Waals surface area contributed by atoms with Gasteiger partial charge in [0, 0.05) is 12.6 Å². The minimum Gasteiger partial charge on any atom is -0.394 e. The smallest absolute Gasteiger partial charge is 0.150 e. The van der Waals surface area contributed by atoms with Crippen LogP contribution in [0.3, 0.4) is 0 Å². The molecule has 0 fully saturated rings. The minimum atomic E-state index is -0.396. The first-order valence-corrected chi connectivity index (χ1v) is 5.39. The second-order valence-electron chi connectivity index (χ2n) is 4.36. The van der Waals surface area contributed by atoms with Gasteiger partial charge in [-0.25, -0.2) is 0 Å². The predicted molar refractivity (Wildman–Crippen MR) is 66.4 cm³/mol. The summed E-state index contributed by atoms with van der Waals surface area (Å²) in [5.41, 5.74) is 0.946. The molecule has 1 aromatic rings. The Balaban J connectivity index is 3.09. The highest BCUT2D eigenvalue weighted by atomic mass is 35.5. The average molecular weight is 242 g/mol. The first kappa shape index (κ1) is 13.0. The van der Waals surface area contributed by atoms with Gasteiger partial charge in [-0.1, -0.05) is 11.6 Å². The number of anilines is 1. The Morgan fingerprint density at radius 2 is 2.12 bits per heavy atom. The molecule has 0 aliphatic heterocycles. The summed E-state index contributed by atoms with van der Waals surface area (Å²) in [6.07, 6.45) is 0.757. The van der Waals surface area contributed by atoms with Crippen molar-refractivity contribution < 1.29 is 9.90 Å². The van der Waals surface area contributed by atoms with Gasteiger partial charge in [0.15, 0.2) is 0 Å². The highest BCUT2D eigenvalue weighted by Crippen LogP contribution is 2.30. The molecule has 3 nitrogen and oxygen atoms in total. The SMILES string of the molecule is CN(c1ccc(C=O)cc1Cl)C(C)(C)CO. The molecule has 0 aromatic heterocycles. The van der Waals surface area contributed by atoms with Gasteiger partial charge < -0.3 is 10.0 Å². The molecule has 0 atom stereocenters. The van der Waals surface area contributed by atoms with E-state index in [0.29, 0.717) is 10.6 Å². The van der Waals surface area contributed by atoms with Gasteiger partial charge in [-0.05, 0) is 32.0 Å². The summed E-state index contributed by atoms with van der Waals surface area (Å²) in [7, 11) is 1.86. The quantitative estimate of drug-likeness (QED) is 0.823. The molecule has 0 unspecified atom stereocenters. The van der Waals surface area contributed by atoms with Crippen LogP contribution in [0.15, 0.2) is 18.2 Å². The summed E-state index contributed by atoms with van der Waals surface area (Å²) in [6.45, 7) is 3.85. The van der Waals surface area contributed by atoms with Crippen LogP contribution in [0.1, 0.15) is 24.2 Å². The Kier molecular flexibility index (Phi) is 3.94. The van der Waals surface area contributed by atoms with E-state index in [-0.39, 0.29) is 6.61 Å². The van der Waals surface area contributed by atoms with E-state index in [1.54, 1.807) is 18.2 Å². The lowest BCUT2D eigenvalue weighted by molar-refractivity contribution is 0.112. The maximum absolute atomic E-state index is 10.6. The van der Waals surface area contributed by atoms with Crippen LogP contribution >= 0.6 is 11.6 Å². The zero-order chi connectivity index (χ0) is 12.3. The molecule has 1 N–H and O–H groups in total. The molecule has 0 spiro atoms. The number of hydrogen-bond donors (Lipinski definition) is 1. The lowest BCUT2D eigenvalue weighted by Gasteiger charge is -2.36. The largest absolute Gasteiger partial charge is 0.394 e. The number of carbonyl (C=O) groups is 1. The van der Waals surface area contributed by atoms with Crippen molar-refractivity contribution in [3.8, 4) is 0 Å². The Labute approximate surface area is 101 Å². The van der Waals surface area contributed by atoms with Crippen LogP contribution in [0.2, 0.25) is 5.02 Å². The third-order valence-electron chi connectivity index (χ3n) is 2.76. The van der Waals surface area contributed by atoms with Crippen LogP contribution in [0.25, 0.3) is 0 Å². The fraction of sp³-hybridized carbons (Fsp3) is 0.417. The normalized spacial score (nSPS) is 11.3. The molecule has 1 rings (SSSR count). The van der Waals surface area contributed by atoms with Crippen LogP contribution in [-0.4, -0.2) is 30.6 Å². The monoisotopic (exact) mass is 241 g/mol. The zero-order valence-electron chi connectivity index (χ0n) is 9.70. The second-order valence-corrected chi connectivity index (χ2v) is 4.77. The molecular weight excluding hydrogens is 226 g/mol. The molecule has 0 aliphatic carbocycles. The fourth-order valence-electron chi connectivity index (χ4n) is 1.30. The third-order valence-corrected chi connectivity index (χ3v) is 3.07. The number of carbonyl (C=O) groups excluding carboxylic acids is 1. The van der Waals surface area contributed by atoms with Crippen molar-refractivity contribution in [3.05, 3.63) is 28.8 Å². The fourth-order valence-corrected chi connectivity index (χ4v) is 1.62. The van der Waals surface area contributed by atoms with Gasteiger partial charge >= 0.3 is 0 Å². The summed E-state index contributed by atoms with van der Waals surface area (Å²) in [6, 6.07) is 5.11. The Hall–Kier alpha value is -1.06. The molecule has 0 bridgehead atoms. The topological polar surface area (TPSA) is 40.5 Å².